The summed E-state index contributed by atoms with van der Waals surface area (Å²) in [5, 5.41) is 0. The highest BCUT2D eigenvalue weighted by atomic mass is 16.5. The lowest BCUT2D eigenvalue weighted by molar-refractivity contribution is -0.151. The fourth-order valence-corrected chi connectivity index (χ4v) is 2.15. The SMILES string of the molecule is CC1=CC(=O)[C@@H](C(=O)/C=C\c2ccccc2OC(C)C)C(=O)O1. The summed E-state index contributed by atoms with van der Waals surface area (Å²) in [4.78, 5) is 35.7. The molecule has 0 N–H and O–H groups in total. The van der Waals surface area contributed by atoms with Gasteiger partial charge in [-0.1, -0.05) is 18.2 Å². The summed E-state index contributed by atoms with van der Waals surface area (Å²) in [5.41, 5.74) is 0.692. The third-order valence-electron chi connectivity index (χ3n) is 3.12. The number of hydrogen-bond donors (Lipinski definition) is 0. The second-order valence-corrected chi connectivity index (χ2v) is 5.45. The zero-order valence-corrected chi connectivity index (χ0v) is 13.2. The molecule has 1 atom stereocenters. The van der Waals surface area contributed by atoms with E-state index in [-0.39, 0.29) is 11.9 Å². The smallest absolute Gasteiger partial charge is 0.329 e. The van der Waals surface area contributed by atoms with Crippen molar-refractivity contribution in [2.45, 2.75) is 26.9 Å². The topological polar surface area (TPSA) is 69.7 Å². The molecule has 5 nitrogen and oxygen atoms in total. The number of cyclic esters (lactones) is 1. The van der Waals surface area contributed by atoms with Crippen LogP contribution in [0.3, 0.4) is 0 Å². The van der Waals surface area contributed by atoms with Crippen LogP contribution in [-0.2, 0) is 19.1 Å². The molecule has 1 aliphatic heterocycles. The van der Waals surface area contributed by atoms with E-state index in [1.165, 1.54) is 19.1 Å². The van der Waals surface area contributed by atoms with Crippen molar-refractivity contribution in [1.29, 1.82) is 0 Å². The highest BCUT2D eigenvalue weighted by molar-refractivity contribution is 6.25. The molecule has 0 unspecified atom stereocenters. The number of carbonyl (C=O) groups is 3. The number of rotatable bonds is 5. The summed E-state index contributed by atoms with van der Waals surface area (Å²) in [6.07, 6.45) is 3.89. The Morgan fingerprint density at radius 3 is 2.61 bits per heavy atom. The Morgan fingerprint density at radius 1 is 1.26 bits per heavy atom. The van der Waals surface area contributed by atoms with Gasteiger partial charge in [0, 0.05) is 11.6 Å². The molecule has 2 rings (SSSR count). The molecule has 120 valence electrons. The van der Waals surface area contributed by atoms with Crippen LogP contribution in [0.25, 0.3) is 6.08 Å². The summed E-state index contributed by atoms with van der Waals surface area (Å²) in [6, 6.07) is 7.21. The lowest BCUT2D eigenvalue weighted by Crippen LogP contribution is -2.34. The molecule has 1 aromatic rings. The maximum atomic E-state index is 12.2. The van der Waals surface area contributed by atoms with Gasteiger partial charge in [0.1, 0.15) is 11.5 Å². The van der Waals surface area contributed by atoms with Crippen molar-refractivity contribution < 1.29 is 23.9 Å². The standard InChI is InChI=1S/C18H18O5/c1-11(2)22-16-7-5-4-6-13(16)8-9-14(19)17-15(20)10-12(3)23-18(17)21/h4-11,17H,1-3H3/b9-8-/t17-/m1/s1. The summed E-state index contributed by atoms with van der Waals surface area (Å²) < 4.78 is 10.5. The van der Waals surface area contributed by atoms with Gasteiger partial charge in [0.15, 0.2) is 17.5 Å². The molecule has 1 heterocycles. The van der Waals surface area contributed by atoms with Crippen molar-refractivity contribution in [2.24, 2.45) is 5.92 Å². The summed E-state index contributed by atoms with van der Waals surface area (Å²) in [6.45, 7) is 5.29. The van der Waals surface area contributed by atoms with E-state index in [0.29, 0.717) is 11.3 Å². The molecule has 5 heteroatoms. The zero-order valence-electron chi connectivity index (χ0n) is 13.2. The van der Waals surface area contributed by atoms with Gasteiger partial charge in [-0.15, -0.1) is 0 Å². The molecule has 0 amide bonds. The van der Waals surface area contributed by atoms with Gasteiger partial charge in [0.2, 0.25) is 0 Å². The van der Waals surface area contributed by atoms with Crippen LogP contribution >= 0.6 is 0 Å². The summed E-state index contributed by atoms with van der Waals surface area (Å²) in [7, 11) is 0. The minimum absolute atomic E-state index is 0.0109. The Hall–Kier alpha value is -2.69. The van der Waals surface area contributed by atoms with Crippen LogP contribution in [-0.4, -0.2) is 23.6 Å². The minimum atomic E-state index is -1.42. The largest absolute Gasteiger partial charge is 0.490 e. The van der Waals surface area contributed by atoms with Crippen LogP contribution in [0.15, 0.2) is 42.2 Å². The molecule has 1 aliphatic rings. The maximum absolute atomic E-state index is 12.2. The van der Waals surface area contributed by atoms with E-state index in [0.717, 1.165) is 6.08 Å². The molecule has 0 spiro atoms. The molecule has 0 radical (unpaired) electrons. The lowest BCUT2D eigenvalue weighted by atomic mass is 9.96. The average molecular weight is 314 g/mol. The molecule has 0 bridgehead atoms. The number of allylic oxidation sites excluding steroid dienone is 3. The van der Waals surface area contributed by atoms with Crippen LogP contribution in [0.5, 0.6) is 5.75 Å². The van der Waals surface area contributed by atoms with Crippen molar-refractivity contribution in [2.75, 3.05) is 0 Å². The molecule has 0 aliphatic carbocycles. The van der Waals surface area contributed by atoms with Crippen LogP contribution in [0.2, 0.25) is 0 Å². The van der Waals surface area contributed by atoms with Gasteiger partial charge in [0.05, 0.1) is 6.10 Å². The zero-order chi connectivity index (χ0) is 17.0. The second kappa shape index (κ2) is 7.05. The predicted molar refractivity (Wildman–Crippen MR) is 84.6 cm³/mol. The molecule has 23 heavy (non-hydrogen) atoms. The molecule has 0 saturated carbocycles. The Labute approximate surface area is 134 Å². The van der Waals surface area contributed by atoms with Gasteiger partial charge < -0.3 is 9.47 Å². The number of hydrogen-bond acceptors (Lipinski definition) is 5. The first-order valence-corrected chi connectivity index (χ1v) is 7.30. The van der Waals surface area contributed by atoms with Crippen LogP contribution in [0.1, 0.15) is 26.3 Å². The normalized spacial score (nSPS) is 18.1. The Morgan fingerprint density at radius 2 is 1.96 bits per heavy atom. The van der Waals surface area contributed by atoms with Crippen molar-refractivity contribution in [3.05, 3.63) is 47.7 Å². The maximum Gasteiger partial charge on any atom is 0.329 e. The van der Waals surface area contributed by atoms with E-state index in [4.69, 9.17) is 9.47 Å². The number of benzene rings is 1. The van der Waals surface area contributed by atoms with Gasteiger partial charge in [0.25, 0.3) is 0 Å². The van der Waals surface area contributed by atoms with E-state index in [1.54, 1.807) is 12.1 Å². The minimum Gasteiger partial charge on any atom is -0.490 e. The second-order valence-electron chi connectivity index (χ2n) is 5.45. The van der Waals surface area contributed by atoms with Crippen molar-refractivity contribution in [1.82, 2.24) is 0 Å². The van der Waals surface area contributed by atoms with Crippen LogP contribution in [0, 0.1) is 5.92 Å². The Balaban J connectivity index is 2.19. The number of ether oxygens (including phenoxy) is 2. The highest BCUT2D eigenvalue weighted by Gasteiger charge is 2.36. The van der Waals surface area contributed by atoms with E-state index < -0.39 is 23.5 Å². The van der Waals surface area contributed by atoms with E-state index in [1.807, 2.05) is 26.0 Å². The molecule has 1 aromatic carbocycles. The first kappa shape index (κ1) is 16.7. The monoisotopic (exact) mass is 314 g/mol. The van der Waals surface area contributed by atoms with Crippen LogP contribution < -0.4 is 4.74 Å². The lowest BCUT2D eigenvalue weighted by Gasteiger charge is -2.16. The fraction of sp³-hybridized carbons (Fsp3) is 0.278. The van der Waals surface area contributed by atoms with E-state index in [2.05, 4.69) is 0 Å². The molecular weight excluding hydrogens is 296 g/mol. The number of para-hydroxylation sites is 1. The molecular formula is C18H18O5. The average Bonchev–Trinajstić information content (AvgIpc) is 2.44. The van der Waals surface area contributed by atoms with Gasteiger partial charge in [-0.2, -0.15) is 0 Å². The summed E-state index contributed by atoms with van der Waals surface area (Å²) in [5.74, 6) is -2.60. The quantitative estimate of drug-likeness (QED) is 0.475. The number of esters is 1. The fourth-order valence-electron chi connectivity index (χ4n) is 2.15. The van der Waals surface area contributed by atoms with Gasteiger partial charge in [-0.25, -0.2) is 0 Å². The third kappa shape index (κ3) is 4.16. The van der Waals surface area contributed by atoms with Crippen molar-refractivity contribution >= 4 is 23.6 Å². The number of ketones is 2. The molecule has 0 fully saturated rings. The Kier molecular flexibility index (Phi) is 5.11. The number of carbonyl (C=O) groups excluding carboxylic acids is 3. The first-order chi connectivity index (χ1) is 10.9. The van der Waals surface area contributed by atoms with Crippen LogP contribution in [0.4, 0.5) is 0 Å². The van der Waals surface area contributed by atoms with E-state index in [9.17, 15) is 14.4 Å². The molecule has 0 saturated heterocycles. The van der Waals surface area contributed by atoms with Gasteiger partial charge >= 0.3 is 5.97 Å². The van der Waals surface area contributed by atoms with Crippen molar-refractivity contribution in [3.63, 3.8) is 0 Å². The van der Waals surface area contributed by atoms with E-state index >= 15 is 0 Å². The predicted octanol–water partition coefficient (Wildman–Crippen LogP) is 2.70. The first-order valence-electron chi connectivity index (χ1n) is 7.30. The van der Waals surface area contributed by atoms with Gasteiger partial charge in [-0.05, 0) is 39.0 Å². The molecule has 0 aromatic heterocycles. The highest BCUT2D eigenvalue weighted by Crippen LogP contribution is 2.22. The summed E-state index contributed by atoms with van der Waals surface area (Å²) >= 11 is 0. The van der Waals surface area contributed by atoms with Crippen molar-refractivity contribution in [3.8, 4) is 5.75 Å². The Bertz CT molecular complexity index is 697. The third-order valence-corrected chi connectivity index (χ3v) is 3.12. The van der Waals surface area contributed by atoms with Gasteiger partial charge in [-0.3, -0.25) is 14.4 Å².